The molecule has 98 valence electrons. The van der Waals surface area contributed by atoms with Gasteiger partial charge in [-0.2, -0.15) is 0 Å². The fraction of sp³-hybridized carbons (Fsp3) is 0.353. The van der Waals surface area contributed by atoms with Crippen molar-refractivity contribution in [3.05, 3.63) is 65.0 Å². The van der Waals surface area contributed by atoms with Crippen molar-refractivity contribution in [3.63, 3.8) is 0 Å². The molecule has 0 amide bonds. The van der Waals surface area contributed by atoms with E-state index in [2.05, 4.69) is 17.1 Å². The third-order valence-electron chi connectivity index (χ3n) is 4.08. The molecule has 1 N–H and O–H groups in total. The lowest BCUT2D eigenvalue weighted by atomic mass is 9.80. The molecule has 1 saturated carbocycles. The molecule has 19 heavy (non-hydrogen) atoms. The van der Waals surface area contributed by atoms with Crippen molar-refractivity contribution in [1.29, 1.82) is 0 Å². The van der Waals surface area contributed by atoms with Crippen LogP contribution in [0.1, 0.15) is 53.7 Å². The molecule has 2 heteroatoms. The topological polar surface area (TPSA) is 33.1 Å². The van der Waals surface area contributed by atoms with Gasteiger partial charge in [-0.05, 0) is 42.9 Å². The summed E-state index contributed by atoms with van der Waals surface area (Å²) in [6, 6.07) is 12.3. The fourth-order valence-electron chi connectivity index (χ4n) is 2.53. The molecule has 1 aliphatic rings. The monoisotopic (exact) mass is 253 g/mol. The maximum absolute atomic E-state index is 10.3. The minimum absolute atomic E-state index is 0.580. The number of aromatic nitrogens is 1. The van der Waals surface area contributed by atoms with Crippen molar-refractivity contribution in [2.75, 3.05) is 0 Å². The molecule has 3 rings (SSSR count). The molecule has 1 atom stereocenters. The van der Waals surface area contributed by atoms with Crippen molar-refractivity contribution < 1.29 is 5.11 Å². The van der Waals surface area contributed by atoms with Crippen LogP contribution in [0.3, 0.4) is 0 Å². The Morgan fingerprint density at radius 1 is 1.05 bits per heavy atom. The van der Waals surface area contributed by atoms with Gasteiger partial charge in [-0.3, -0.25) is 4.98 Å². The second-order valence-corrected chi connectivity index (χ2v) is 5.43. The second kappa shape index (κ2) is 5.14. The number of pyridine rings is 1. The minimum atomic E-state index is -0.580. The summed E-state index contributed by atoms with van der Waals surface area (Å²) >= 11 is 0. The van der Waals surface area contributed by atoms with Crippen molar-refractivity contribution in [1.82, 2.24) is 4.98 Å². The van der Waals surface area contributed by atoms with E-state index in [0.29, 0.717) is 0 Å². The van der Waals surface area contributed by atoms with Gasteiger partial charge in [-0.25, -0.2) is 0 Å². The van der Waals surface area contributed by atoms with E-state index in [-0.39, 0.29) is 0 Å². The quantitative estimate of drug-likeness (QED) is 0.904. The van der Waals surface area contributed by atoms with Crippen LogP contribution in [0, 0.1) is 6.92 Å². The van der Waals surface area contributed by atoms with Gasteiger partial charge in [-0.15, -0.1) is 0 Å². The van der Waals surface area contributed by atoms with Gasteiger partial charge in [0.1, 0.15) is 6.10 Å². The average molecular weight is 253 g/mol. The van der Waals surface area contributed by atoms with Crippen LogP contribution in [0.25, 0.3) is 0 Å². The van der Waals surface area contributed by atoms with Crippen LogP contribution >= 0.6 is 0 Å². The summed E-state index contributed by atoms with van der Waals surface area (Å²) in [5.41, 5.74) is 4.16. The fourth-order valence-corrected chi connectivity index (χ4v) is 2.53. The number of benzene rings is 1. The van der Waals surface area contributed by atoms with Crippen LogP contribution in [-0.4, -0.2) is 10.1 Å². The number of aliphatic hydroxyl groups is 1. The lowest BCUT2D eigenvalue weighted by molar-refractivity contribution is 0.220. The molecule has 1 heterocycles. The standard InChI is InChI=1S/C17H19NO/c1-12-5-6-16(11-18-12)17(19)15-9-7-14(8-10-15)13-3-2-4-13/h5-11,13,17,19H,2-4H2,1H3. The van der Waals surface area contributed by atoms with Crippen LogP contribution in [-0.2, 0) is 0 Å². The van der Waals surface area contributed by atoms with E-state index in [1.807, 2.05) is 31.2 Å². The zero-order valence-electron chi connectivity index (χ0n) is 11.2. The molecule has 0 radical (unpaired) electrons. The van der Waals surface area contributed by atoms with E-state index in [9.17, 15) is 5.11 Å². The summed E-state index contributed by atoms with van der Waals surface area (Å²) in [6.45, 7) is 1.95. The average Bonchev–Trinajstić information content (AvgIpc) is 2.38. The number of nitrogens with zero attached hydrogens (tertiary/aromatic N) is 1. The summed E-state index contributed by atoms with van der Waals surface area (Å²) in [5.74, 6) is 0.743. The van der Waals surface area contributed by atoms with Gasteiger partial charge in [-0.1, -0.05) is 36.8 Å². The molecule has 1 fully saturated rings. The maximum Gasteiger partial charge on any atom is 0.106 e. The van der Waals surface area contributed by atoms with E-state index in [1.165, 1.54) is 24.8 Å². The molecule has 1 unspecified atom stereocenters. The Balaban J connectivity index is 1.79. The smallest absolute Gasteiger partial charge is 0.106 e. The highest BCUT2D eigenvalue weighted by atomic mass is 16.3. The van der Waals surface area contributed by atoms with E-state index < -0.39 is 6.10 Å². The predicted octanol–water partition coefficient (Wildman–Crippen LogP) is 3.74. The highest BCUT2D eigenvalue weighted by molar-refractivity contribution is 5.32. The first-order valence-corrected chi connectivity index (χ1v) is 6.94. The first-order valence-electron chi connectivity index (χ1n) is 6.94. The Hall–Kier alpha value is -1.67. The molecule has 2 aromatic rings. The minimum Gasteiger partial charge on any atom is -0.384 e. The van der Waals surface area contributed by atoms with Gasteiger partial charge in [0, 0.05) is 17.5 Å². The number of aliphatic hydroxyl groups excluding tert-OH is 1. The zero-order valence-corrected chi connectivity index (χ0v) is 11.2. The number of rotatable bonds is 3. The Kier molecular flexibility index (Phi) is 3.34. The van der Waals surface area contributed by atoms with E-state index in [4.69, 9.17) is 0 Å². The normalized spacial score (nSPS) is 16.9. The van der Waals surface area contributed by atoms with Gasteiger partial charge in [0.05, 0.1) is 0 Å². The van der Waals surface area contributed by atoms with Crippen LogP contribution in [0.4, 0.5) is 0 Å². The lowest BCUT2D eigenvalue weighted by Gasteiger charge is -2.26. The molecule has 0 saturated heterocycles. The van der Waals surface area contributed by atoms with Crippen molar-refractivity contribution in [2.24, 2.45) is 0 Å². The second-order valence-electron chi connectivity index (χ2n) is 5.43. The van der Waals surface area contributed by atoms with Gasteiger partial charge in [0.2, 0.25) is 0 Å². The van der Waals surface area contributed by atoms with Crippen LogP contribution in [0.2, 0.25) is 0 Å². The molecule has 1 aromatic heterocycles. The Bertz CT molecular complexity index is 540. The summed E-state index contributed by atoms with van der Waals surface area (Å²) in [5, 5.41) is 10.3. The molecular weight excluding hydrogens is 234 g/mol. The Labute approximate surface area is 114 Å². The summed E-state index contributed by atoms with van der Waals surface area (Å²) in [6.07, 6.45) is 5.14. The molecule has 1 aromatic carbocycles. The number of hydrogen-bond acceptors (Lipinski definition) is 2. The van der Waals surface area contributed by atoms with Crippen LogP contribution in [0.15, 0.2) is 42.6 Å². The maximum atomic E-state index is 10.3. The van der Waals surface area contributed by atoms with Crippen molar-refractivity contribution in [3.8, 4) is 0 Å². The Morgan fingerprint density at radius 3 is 2.26 bits per heavy atom. The summed E-state index contributed by atoms with van der Waals surface area (Å²) in [4.78, 5) is 4.23. The van der Waals surface area contributed by atoms with Gasteiger partial charge in [0.25, 0.3) is 0 Å². The van der Waals surface area contributed by atoms with Crippen molar-refractivity contribution >= 4 is 0 Å². The van der Waals surface area contributed by atoms with Crippen LogP contribution in [0.5, 0.6) is 0 Å². The molecule has 0 bridgehead atoms. The zero-order chi connectivity index (χ0) is 13.2. The van der Waals surface area contributed by atoms with Crippen molar-refractivity contribution in [2.45, 2.75) is 38.2 Å². The van der Waals surface area contributed by atoms with Gasteiger partial charge in [0.15, 0.2) is 0 Å². The predicted molar refractivity (Wildman–Crippen MR) is 76.1 cm³/mol. The molecular formula is C17H19NO. The summed E-state index contributed by atoms with van der Waals surface area (Å²) < 4.78 is 0. The molecule has 0 aliphatic heterocycles. The highest BCUT2D eigenvalue weighted by Gasteiger charge is 2.19. The van der Waals surface area contributed by atoms with Gasteiger partial charge < -0.3 is 5.11 Å². The highest BCUT2D eigenvalue weighted by Crippen LogP contribution is 2.36. The third-order valence-corrected chi connectivity index (χ3v) is 4.08. The molecule has 1 aliphatic carbocycles. The first kappa shape index (κ1) is 12.4. The largest absolute Gasteiger partial charge is 0.384 e. The van der Waals surface area contributed by atoms with E-state index >= 15 is 0 Å². The van der Waals surface area contributed by atoms with Crippen LogP contribution < -0.4 is 0 Å². The van der Waals surface area contributed by atoms with E-state index in [0.717, 1.165) is 22.7 Å². The van der Waals surface area contributed by atoms with Gasteiger partial charge >= 0.3 is 0 Å². The first-order chi connectivity index (χ1) is 9.24. The molecule has 0 spiro atoms. The summed E-state index contributed by atoms with van der Waals surface area (Å²) in [7, 11) is 0. The SMILES string of the molecule is Cc1ccc(C(O)c2ccc(C3CCC3)cc2)cn1. The lowest BCUT2D eigenvalue weighted by Crippen LogP contribution is -2.09. The number of hydrogen-bond donors (Lipinski definition) is 1. The van der Waals surface area contributed by atoms with E-state index in [1.54, 1.807) is 6.20 Å². The third kappa shape index (κ3) is 2.54. The Morgan fingerprint density at radius 2 is 1.74 bits per heavy atom. The number of aryl methyl sites for hydroxylation is 1. The molecule has 2 nitrogen and oxygen atoms in total.